The van der Waals surface area contributed by atoms with E-state index in [0.717, 1.165) is 0 Å². The lowest BCUT2D eigenvalue weighted by Gasteiger charge is -2.72. The predicted octanol–water partition coefficient (Wildman–Crippen LogP) is -4.86. The van der Waals surface area contributed by atoms with Crippen molar-refractivity contribution in [1.82, 2.24) is 5.32 Å². The van der Waals surface area contributed by atoms with Crippen LogP contribution in [0.3, 0.4) is 0 Å². The average molecular weight is 317 g/mol. The van der Waals surface area contributed by atoms with Crippen molar-refractivity contribution >= 4 is 5.96 Å². The molecule has 2 aliphatic carbocycles. The molecule has 0 amide bonds. The average Bonchev–Trinajstić information content (AvgIpc) is 2.45. The van der Waals surface area contributed by atoms with Gasteiger partial charge in [0.1, 0.15) is 23.3 Å². The summed E-state index contributed by atoms with van der Waals surface area (Å²) in [5.74, 6) is -4.28. The number of aliphatic hydroxyl groups excluding tert-OH is 4. The molecular weight excluding hydrogens is 298 g/mol. The van der Waals surface area contributed by atoms with E-state index in [1.165, 1.54) is 0 Å². The monoisotopic (exact) mass is 317 g/mol. The molecule has 4 fully saturated rings. The summed E-state index contributed by atoms with van der Waals surface area (Å²) >= 11 is 0. The van der Waals surface area contributed by atoms with Crippen LogP contribution in [0.5, 0.6) is 0 Å². The van der Waals surface area contributed by atoms with E-state index in [-0.39, 0.29) is 12.4 Å². The van der Waals surface area contributed by atoms with Gasteiger partial charge in [0.05, 0.1) is 18.6 Å². The number of nitrogens with zero attached hydrogens (tertiary/aromatic N) is 1. The van der Waals surface area contributed by atoms with Crippen molar-refractivity contribution in [3.63, 3.8) is 0 Å². The minimum Gasteiger partial charge on any atom is -0.393 e. The van der Waals surface area contributed by atoms with E-state index in [9.17, 15) is 30.6 Å². The highest BCUT2D eigenvalue weighted by molar-refractivity contribution is 5.80. The van der Waals surface area contributed by atoms with Crippen LogP contribution in [0.4, 0.5) is 0 Å². The zero-order chi connectivity index (χ0) is 16.1. The zero-order valence-electron chi connectivity index (χ0n) is 11.5. The summed E-state index contributed by atoms with van der Waals surface area (Å²) in [7, 11) is 0. The van der Waals surface area contributed by atoms with E-state index in [1.54, 1.807) is 0 Å². The van der Waals surface area contributed by atoms with Crippen molar-refractivity contribution in [2.75, 3.05) is 6.61 Å². The fourth-order valence-electron chi connectivity index (χ4n) is 4.83. The molecule has 124 valence electrons. The largest absolute Gasteiger partial charge is 0.393 e. The molecule has 1 spiro atoms. The second-order valence-corrected chi connectivity index (χ2v) is 6.70. The number of hydrogen-bond acceptors (Lipinski definition) is 10. The van der Waals surface area contributed by atoms with Gasteiger partial charge in [-0.15, -0.1) is 0 Å². The van der Waals surface area contributed by atoms with Crippen molar-refractivity contribution in [2.24, 2.45) is 22.6 Å². The number of guanidine groups is 1. The molecule has 5 unspecified atom stereocenters. The normalized spacial score (nSPS) is 62.4. The molecule has 2 saturated carbocycles. The van der Waals surface area contributed by atoms with Crippen molar-refractivity contribution < 1.29 is 35.4 Å². The molecule has 22 heavy (non-hydrogen) atoms. The predicted molar refractivity (Wildman–Crippen MR) is 69.0 cm³/mol. The molecule has 10 nitrogen and oxygen atoms in total. The topological polar surface area (TPSA) is 181 Å². The Bertz CT molecular complexity index is 561. The summed E-state index contributed by atoms with van der Waals surface area (Å²) in [6.45, 7) is -0.732. The smallest absolute Gasteiger partial charge is 0.195 e. The summed E-state index contributed by atoms with van der Waals surface area (Å²) in [4.78, 5) is 3.74. The summed E-state index contributed by atoms with van der Waals surface area (Å²) in [6.07, 6.45) is -5.94. The molecule has 9 N–H and O–H groups in total. The minimum absolute atomic E-state index is 0.195. The van der Waals surface area contributed by atoms with Crippen LogP contribution in [0.2, 0.25) is 0 Å². The zero-order valence-corrected chi connectivity index (χ0v) is 11.5. The lowest BCUT2D eigenvalue weighted by Crippen LogP contribution is -2.93. The van der Waals surface area contributed by atoms with E-state index < -0.39 is 59.9 Å². The standard InChI is InChI=1S/C12H19N3O7/c13-9-14-7(18)4-6-10(20,2-16)3-1-11(21,22-6)8(19)12(4,15-9)5(3)17/h3-8,16-21H,1-2H2,(H3,13,14,15)/t3?,4?,5?,6-,7-,8+,10+,11?,12?/m0/s1. The van der Waals surface area contributed by atoms with Gasteiger partial charge < -0.3 is 46.4 Å². The Kier molecular flexibility index (Phi) is 2.58. The van der Waals surface area contributed by atoms with Crippen molar-refractivity contribution in [2.45, 2.75) is 47.9 Å². The van der Waals surface area contributed by atoms with Crippen molar-refractivity contribution in [3.05, 3.63) is 0 Å². The molecule has 0 aromatic rings. The number of hydrogen-bond donors (Lipinski definition) is 8. The van der Waals surface area contributed by atoms with Crippen molar-refractivity contribution in [1.29, 1.82) is 0 Å². The molecule has 0 aromatic carbocycles. The first-order valence-electron chi connectivity index (χ1n) is 7.10. The second-order valence-electron chi connectivity index (χ2n) is 6.70. The van der Waals surface area contributed by atoms with Gasteiger partial charge in [-0.3, -0.25) is 0 Å². The number of rotatable bonds is 1. The number of ether oxygens (including phenoxy) is 1. The number of aliphatic hydroxyl groups is 6. The van der Waals surface area contributed by atoms with Crippen LogP contribution < -0.4 is 11.1 Å². The highest BCUT2D eigenvalue weighted by Gasteiger charge is 2.81. The number of nitrogens with one attached hydrogen (secondary N) is 1. The van der Waals surface area contributed by atoms with Gasteiger partial charge in [0.25, 0.3) is 0 Å². The van der Waals surface area contributed by atoms with Crippen LogP contribution in [0.25, 0.3) is 0 Å². The van der Waals surface area contributed by atoms with Crippen LogP contribution in [0, 0.1) is 11.8 Å². The first kappa shape index (κ1) is 14.6. The summed E-state index contributed by atoms with van der Waals surface area (Å²) in [5.41, 5.74) is 2.12. The fraction of sp³-hybridized carbons (Fsp3) is 0.917. The van der Waals surface area contributed by atoms with Gasteiger partial charge in [0.15, 0.2) is 18.0 Å². The van der Waals surface area contributed by atoms with Gasteiger partial charge in [-0.2, -0.15) is 0 Å². The lowest BCUT2D eigenvalue weighted by molar-refractivity contribution is -0.449. The Balaban J connectivity index is 1.95. The third-order valence-corrected chi connectivity index (χ3v) is 5.80. The number of nitrogens with two attached hydrogens (primary N) is 1. The Morgan fingerprint density at radius 1 is 1.32 bits per heavy atom. The summed E-state index contributed by atoms with van der Waals surface area (Å²) in [6, 6.07) is 0. The van der Waals surface area contributed by atoms with Gasteiger partial charge in [-0.05, 0) is 0 Å². The maximum atomic E-state index is 10.7. The Morgan fingerprint density at radius 3 is 2.64 bits per heavy atom. The molecule has 3 aliphatic heterocycles. The van der Waals surface area contributed by atoms with Crippen LogP contribution >= 0.6 is 0 Å². The van der Waals surface area contributed by atoms with Crippen molar-refractivity contribution in [3.8, 4) is 0 Å². The van der Waals surface area contributed by atoms with Gasteiger partial charge in [-0.25, -0.2) is 4.99 Å². The van der Waals surface area contributed by atoms with E-state index in [4.69, 9.17) is 10.5 Å². The maximum absolute atomic E-state index is 10.7. The van der Waals surface area contributed by atoms with Gasteiger partial charge in [0.2, 0.25) is 0 Å². The maximum Gasteiger partial charge on any atom is 0.195 e. The summed E-state index contributed by atoms with van der Waals surface area (Å²) in [5, 5.41) is 65.1. The van der Waals surface area contributed by atoms with E-state index in [1.807, 2.05) is 0 Å². The van der Waals surface area contributed by atoms with Crippen LogP contribution in [-0.4, -0.2) is 84.7 Å². The second kappa shape index (κ2) is 3.90. The molecular formula is C12H19N3O7. The SMILES string of the molecule is NC1=N[C@@H](O)C2[C@@H]3OC4(O)CC(C(O)C2(N1)[C@@H]4O)[C@]3(O)CO. The first-order chi connectivity index (χ1) is 10.2. The van der Waals surface area contributed by atoms with Crippen LogP contribution in [0.15, 0.2) is 4.99 Å². The third-order valence-electron chi connectivity index (χ3n) is 5.80. The lowest BCUT2D eigenvalue weighted by atomic mass is 9.47. The first-order valence-corrected chi connectivity index (χ1v) is 7.10. The Labute approximate surface area is 124 Å². The summed E-state index contributed by atoms with van der Waals surface area (Å²) < 4.78 is 5.42. The Hall–Kier alpha value is -1.01. The van der Waals surface area contributed by atoms with Gasteiger partial charge >= 0.3 is 0 Å². The van der Waals surface area contributed by atoms with E-state index in [2.05, 4.69) is 10.3 Å². The molecule has 0 radical (unpaired) electrons. The Morgan fingerprint density at radius 2 is 2.00 bits per heavy atom. The quantitative estimate of drug-likeness (QED) is 0.235. The molecule has 5 aliphatic rings. The highest BCUT2D eigenvalue weighted by atomic mass is 16.7. The molecule has 5 rings (SSSR count). The molecule has 2 saturated heterocycles. The minimum atomic E-state index is -2.02. The molecule has 3 heterocycles. The molecule has 9 atom stereocenters. The highest BCUT2D eigenvalue weighted by Crippen LogP contribution is 2.61. The number of aliphatic imine (C=N–C) groups is 1. The van der Waals surface area contributed by atoms with E-state index in [0.29, 0.717) is 0 Å². The van der Waals surface area contributed by atoms with Gasteiger partial charge in [-0.1, -0.05) is 0 Å². The fourth-order valence-corrected chi connectivity index (χ4v) is 4.83. The van der Waals surface area contributed by atoms with Crippen LogP contribution in [0.1, 0.15) is 6.42 Å². The molecule has 4 bridgehead atoms. The van der Waals surface area contributed by atoms with Gasteiger partial charge in [0, 0.05) is 12.3 Å². The van der Waals surface area contributed by atoms with Crippen LogP contribution in [-0.2, 0) is 4.74 Å². The van der Waals surface area contributed by atoms with E-state index >= 15 is 0 Å². The molecule has 10 heteroatoms. The molecule has 0 aromatic heterocycles. The third kappa shape index (κ3) is 1.29.